The number of halogens is 2. The molecule has 11 heteroatoms. The quantitative estimate of drug-likeness (QED) is 0.346. The molecule has 0 spiro atoms. The summed E-state index contributed by atoms with van der Waals surface area (Å²) in [6.07, 6.45) is 7.00. The van der Waals surface area contributed by atoms with E-state index in [1.54, 1.807) is 24.8 Å². The molecule has 8 nitrogen and oxygen atoms in total. The Labute approximate surface area is 219 Å². The van der Waals surface area contributed by atoms with Crippen LogP contribution in [-0.2, 0) is 21.4 Å². The second-order valence-corrected chi connectivity index (χ2v) is 13.6. The van der Waals surface area contributed by atoms with Crippen LogP contribution in [0.3, 0.4) is 0 Å². The van der Waals surface area contributed by atoms with Gasteiger partial charge < -0.3 is 0 Å². The lowest BCUT2D eigenvalue weighted by molar-refractivity contribution is 0.242. The van der Waals surface area contributed by atoms with Crippen molar-refractivity contribution < 1.29 is 13.0 Å². The Balaban J connectivity index is 1.41. The van der Waals surface area contributed by atoms with Crippen LogP contribution in [0.4, 0.5) is 8.78 Å². The van der Waals surface area contributed by atoms with E-state index in [9.17, 15) is 13.0 Å². The zero-order chi connectivity index (χ0) is 26.9. The van der Waals surface area contributed by atoms with Gasteiger partial charge in [-0.05, 0) is 69.4 Å². The summed E-state index contributed by atoms with van der Waals surface area (Å²) in [7, 11) is -2.14. The van der Waals surface area contributed by atoms with Gasteiger partial charge in [0.1, 0.15) is 18.0 Å². The highest BCUT2D eigenvalue weighted by Gasteiger charge is 2.65. The average molecular weight is 536 g/mol. The maximum atomic E-state index is 14.5. The first-order valence-corrected chi connectivity index (χ1v) is 14.7. The van der Waals surface area contributed by atoms with Crippen LogP contribution in [0.25, 0.3) is 17.2 Å². The predicted molar refractivity (Wildman–Crippen MR) is 141 cm³/mol. The van der Waals surface area contributed by atoms with Crippen molar-refractivity contribution in [2.75, 3.05) is 12.0 Å². The normalized spacial score (nSPS) is 22.8. The Morgan fingerprint density at radius 1 is 1.16 bits per heavy atom. The fourth-order valence-electron chi connectivity index (χ4n) is 6.27. The van der Waals surface area contributed by atoms with Gasteiger partial charge in [-0.3, -0.25) is 4.21 Å². The summed E-state index contributed by atoms with van der Waals surface area (Å²) in [5, 5.41) is 13.4. The first-order valence-electron chi connectivity index (χ1n) is 12.4. The molecule has 4 aromatic rings. The van der Waals surface area contributed by atoms with Crippen LogP contribution in [0.1, 0.15) is 55.4 Å². The van der Waals surface area contributed by atoms with Crippen LogP contribution in [-0.4, -0.2) is 57.0 Å². The highest BCUT2D eigenvalue weighted by atomic mass is 32.2. The van der Waals surface area contributed by atoms with Gasteiger partial charge in [-0.25, -0.2) is 23.7 Å². The Bertz CT molecular complexity index is 1660. The van der Waals surface area contributed by atoms with Crippen molar-refractivity contribution in [1.29, 1.82) is 0 Å². The van der Waals surface area contributed by atoms with Gasteiger partial charge in [-0.1, -0.05) is 19.9 Å². The molecule has 1 fully saturated rings. The van der Waals surface area contributed by atoms with Gasteiger partial charge in [-0.2, -0.15) is 9.78 Å². The van der Waals surface area contributed by atoms with E-state index in [-0.39, 0.29) is 22.6 Å². The van der Waals surface area contributed by atoms with Gasteiger partial charge >= 0.3 is 0 Å². The SMILES string of the molecule is C=S(C)(=O)CCc1ncn(-c2nccc([C@@]34CC[C@@H](c5cc(-c6c(F)cccc6F)nnc53)C4(C)C)n2)n1. The molecule has 0 saturated heterocycles. The number of benzene rings is 1. The minimum atomic E-state index is -2.14. The molecule has 196 valence electrons. The molecule has 3 heterocycles. The fourth-order valence-corrected chi connectivity index (χ4v) is 6.88. The first kappa shape index (κ1) is 24.7. The first-order chi connectivity index (χ1) is 18.0. The Hall–Kier alpha value is -3.60. The van der Waals surface area contributed by atoms with Crippen LogP contribution in [0.5, 0.6) is 0 Å². The minimum Gasteiger partial charge on any atom is -0.268 e. The van der Waals surface area contributed by atoms with E-state index in [2.05, 4.69) is 45.0 Å². The predicted octanol–water partition coefficient (Wildman–Crippen LogP) is 3.88. The smallest absolute Gasteiger partial charge is 0.252 e. The van der Waals surface area contributed by atoms with E-state index in [0.29, 0.717) is 23.9 Å². The van der Waals surface area contributed by atoms with Crippen molar-refractivity contribution in [3.05, 3.63) is 77.3 Å². The molecular weight excluding hydrogens is 508 g/mol. The van der Waals surface area contributed by atoms with Crippen molar-refractivity contribution in [1.82, 2.24) is 34.9 Å². The van der Waals surface area contributed by atoms with Gasteiger partial charge in [0.05, 0.1) is 28.1 Å². The molecule has 0 radical (unpaired) electrons. The molecular formula is C27H27F2N7OS. The second kappa shape index (κ2) is 8.45. The minimum absolute atomic E-state index is 0.129. The third-order valence-electron chi connectivity index (χ3n) is 8.18. The zero-order valence-electron chi connectivity index (χ0n) is 21.4. The summed E-state index contributed by atoms with van der Waals surface area (Å²) in [6, 6.07) is 7.46. The Kier molecular flexibility index (Phi) is 5.50. The van der Waals surface area contributed by atoms with Crippen LogP contribution >= 0.6 is 0 Å². The zero-order valence-corrected chi connectivity index (χ0v) is 22.2. The van der Waals surface area contributed by atoms with E-state index in [0.717, 1.165) is 29.8 Å². The molecule has 0 N–H and O–H groups in total. The van der Waals surface area contributed by atoms with Crippen molar-refractivity contribution >= 4 is 15.4 Å². The summed E-state index contributed by atoms with van der Waals surface area (Å²) in [4.78, 5) is 13.7. The lowest BCUT2D eigenvalue weighted by Gasteiger charge is -2.37. The number of aromatic nitrogens is 7. The molecule has 2 aliphatic rings. The third kappa shape index (κ3) is 3.66. The molecule has 1 unspecified atom stereocenters. The largest absolute Gasteiger partial charge is 0.268 e. The number of nitrogens with zero attached hydrogens (tertiary/aromatic N) is 7. The van der Waals surface area contributed by atoms with Gasteiger partial charge in [-0.15, -0.1) is 10.2 Å². The van der Waals surface area contributed by atoms with E-state index in [4.69, 9.17) is 4.98 Å². The summed E-state index contributed by atoms with van der Waals surface area (Å²) in [5.41, 5.74) is 1.74. The number of aryl methyl sites for hydroxylation is 1. The van der Waals surface area contributed by atoms with Crippen molar-refractivity contribution in [2.24, 2.45) is 5.41 Å². The summed E-state index contributed by atoms with van der Waals surface area (Å²) >= 11 is 0. The van der Waals surface area contributed by atoms with Crippen LogP contribution in [0.2, 0.25) is 0 Å². The molecule has 6 rings (SSSR count). The van der Waals surface area contributed by atoms with E-state index in [1.165, 1.54) is 22.9 Å². The maximum absolute atomic E-state index is 14.5. The maximum Gasteiger partial charge on any atom is 0.252 e. The lowest BCUT2D eigenvalue weighted by atomic mass is 9.66. The number of fused-ring (bicyclic) bond motifs is 5. The molecule has 2 aliphatic carbocycles. The van der Waals surface area contributed by atoms with Gasteiger partial charge in [0, 0.05) is 24.6 Å². The van der Waals surface area contributed by atoms with Crippen LogP contribution in [0.15, 0.2) is 42.9 Å². The van der Waals surface area contributed by atoms with Crippen molar-refractivity contribution in [3.8, 4) is 17.2 Å². The molecule has 38 heavy (non-hydrogen) atoms. The molecule has 2 bridgehead atoms. The lowest BCUT2D eigenvalue weighted by Crippen LogP contribution is -2.38. The number of hydrogen-bond acceptors (Lipinski definition) is 7. The Morgan fingerprint density at radius 2 is 1.92 bits per heavy atom. The molecule has 0 amide bonds. The van der Waals surface area contributed by atoms with Crippen molar-refractivity contribution in [3.63, 3.8) is 0 Å². The van der Waals surface area contributed by atoms with E-state index in [1.807, 2.05) is 6.07 Å². The number of rotatable bonds is 6. The van der Waals surface area contributed by atoms with Gasteiger partial charge in [0.15, 0.2) is 5.82 Å². The fraction of sp³-hybridized carbons (Fsp3) is 0.370. The van der Waals surface area contributed by atoms with Crippen LogP contribution in [0, 0.1) is 17.0 Å². The summed E-state index contributed by atoms with van der Waals surface area (Å²) < 4.78 is 42.5. The third-order valence-corrected chi connectivity index (χ3v) is 9.25. The molecule has 3 atom stereocenters. The average Bonchev–Trinajstić information content (AvgIpc) is 3.50. The summed E-state index contributed by atoms with van der Waals surface area (Å²) in [6.45, 7) is 4.37. The van der Waals surface area contributed by atoms with E-state index >= 15 is 0 Å². The standard InChI is InChI=1S/C27H27F2N7OS/c1-26(2)17-8-11-27(26,24-16(17)14-20(33-34-24)23-18(28)6-5-7-19(23)29)21-9-12-30-25(32-21)36-15-31-22(35-36)10-13-38(3,4)37/h5-7,9,12,14-15,17H,3,8,10-11,13H2,1-2,4H3/t17-,27-,38?/m0/s1. The highest BCUT2D eigenvalue weighted by molar-refractivity contribution is 7.99. The topological polar surface area (TPSA) is 99.3 Å². The van der Waals surface area contributed by atoms with Gasteiger partial charge in [0.2, 0.25) is 0 Å². The molecule has 0 aliphatic heterocycles. The molecule has 3 aromatic heterocycles. The molecule has 1 aromatic carbocycles. The molecule has 1 saturated carbocycles. The highest BCUT2D eigenvalue weighted by Crippen LogP contribution is 2.69. The summed E-state index contributed by atoms with van der Waals surface area (Å²) in [5.74, 6) is 3.79. The van der Waals surface area contributed by atoms with E-state index < -0.39 is 26.6 Å². The van der Waals surface area contributed by atoms with Crippen LogP contribution < -0.4 is 0 Å². The Morgan fingerprint density at radius 3 is 2.66 bits per heavy atom. The number of hydrogen-bond donors (Lipinski definition) is 0. The monoisotopic (exact) mass is 535 g/mol. The van der Waals surface area contributed by atoms with Gasteiger partial charge in [0.25, 0.3) is 5.95 Å². The van der Waals surface area contributed by atoms with Crippen molar-refractivity contribution in [2.45, 2.75) is 44.4 Å². The second-order valence-electron chi connectivity index (χ2n) is 10.8.